The van der Waals surface area contributed by atoms with Crippen LogP contribution in [-0.2, 0) is 13.0 Å². The highest BCUT2D eigenvalue weighted by molar-refractivity contribution is 7.09. The van der Waals surface area contributed by atoms with Gasteiger partial charge in [-0.15, -0.1) is 0 Å². The van der Waals surface area contributed by atoms with Gasteiger partial charge < -0.3 is 34.2 Å². The number of thiazole rings is 1. The lowest BCUT2D eigenvalue weighted by Gasteiger charge is -2.01. The van der Waals surface area contributed by atoms with Gasteiger partial charge >= 0.3 is 0 Å². The zero-order valence-electron chi connectivity index (χ0n) is 11.9. The van der Waals surface area contributed by atoms with E-state index in [1.165, 1.54) is 4.88 Å². The minimum absolute atomic E-state index is 0. The molecule has 2 rings (SSSR count). The summed E-state index contributed by atoms with van der Waals surface area (Å²) in [5, 5.41) is 8.98. The number of aromatic nitrogens is 3. The number of halogens is 1. The van der Waals surface area contributed by atoms with Crippen molar-refractivity contribution < 1.29 is 33.0 Å². The van der Waals surface area contributed by atoms with Crippen LogP contribution in [0.2, 0.25) is 0 Å². The Kier molecular flexibility index (Phi) is 10.0. The maximum atomic E-state index is 8.98. The maximum absolute atomic E-state index is 8.98. The molecule has 2 heterocycles. The molecule has 0 unspecified atom stereocenters. The van der Waals surface area contributed by atoms with Crippen LogP contribution in [0.15, 0.2) is 11.7 Å². The normalized spacial score (nSPS) is 9.29. The molecule has 7 N–H and O–H groups in total. The van der Waals surface area contributed by atoms with E-state index in [0.29, 0.717) is 24.6 Å². The van der Waals surface area contributed by atoms with Gasteiger partial charge in [-0.3, -0.25) is 0 Å². The Balaban J connectivity index is 0. The maximum Gasteiger partial charge on any atom is 0.225 e. The van der Waals surface area contributed by atoms with Crippen molar-refractivity contribution in [2.24, 2.45) is 0 Å². The van der Waals surface area contributed by atoms with Crippen LogP contribution >= 0.6 is 11.3 Å². The van der Waals surface area contributed by atoms with E-state index >= 15 is 0 Å². The van der Waals surface area contributed by atoms with Gasteiger partial charge in [-0.2, -0.15) is 4.57 Å². The molecule has 0 spiro atoms. The molecule has 0 saturated carbocycles. The van der Waals surface area contributed by atoms with E-state index in [2.05, 4.69) is 14.5 Å². The summed E-state index contributed by atoms with van der Waals surface area (Å²) >= 11 is 1.65. The predicted octanol–water partition coefficient (Wildman–Crippen LogP) is -4.04. The Morgan fingerprint density at radius 3 is 2.57 bits per heavy atom. The molecule has 2 aromatic heterocycles. The van der Waals surface area contributed by atoms with Gasteiger partial charge in [0.2, 0.25) is 5.51 Å². The monoisotopic (exact) mass is 336 g/mol. The van der Waals surface area contributed by atoms with Crippen molar-refractivity contribution in [1.82, 2.24) is 9.97 Å². The van der Waals surface area contributed by atoms with Gasteiger partial charge in [0.05, 0.1) is 10.4 Å². The number of hydrogen-bond donors (Lipinski definition) is 2. The van der Waals surface area contributed by atoms with E-state index in [0.717, 1.165) is 11.3 Å². The van der Waals surface area contributed by atoms with E-state index in [4.69, 9.17) is 10.8 Å². The van der Waals surface area contributed by atoms with Crippen LogP contribution in [-0.4, -0.2) is 32.6 Å². The van der Waals surface area contributed by atoms with Gasteiger partial charge in [0, 0.05) is 26.1 Å². The zero-order valence-corrected chi connectivity index (χ0v) is 13.5. The lowest BCUT2D eigenvalue weighted by atomic mass is 10.2. The Morgan fingerprint density at radius 1 is 1.33 bits per heavy atom. The molecule has 9 heteroatoms. The Labute approximate surface area is 133 Å². The number of nitrogen functional groups attached to an aromatic ring is 1. The second kappa shape index (κ2) is 9.59. The van der Waals surface area contributed by atoms with Crippen LogP contribution in [0.1, 0.15) is 22.0 Å². The molecule has 0 aliphatic heterocycles. The molecule has 0 fully saturated rings. The zero-order chi connectivity index (χ0) is 13.1. The number of nitrogens with zero attached hydrogens (tertiary/aromatic N) is 3. The molecule has 0 amide bonds. The number of rotatable bonds is 4. The standard InChI is InChI=1S/C12H17N4OS.ClH.2H2O/c1-8-11(3-4-17)18-7-16(8)6-10-5-14-9(2)15-12(10)13;;;/h5,7,17H,3-4,6H2,1-2H3,(H2,13,14,15);1H;2*1H2/q+1;;;/p-1. The molecule has 0 bridgehead atoms. The van der Waals surface area contributed by atoms with E-state index in [9.17, 15) is 0 Å². The van der Waals surface area contributed by atoms with Crippen LogP contribution in [0.5, 0.6) is 0 Å². The van der Waals surface area contributed by atoms with Gasteiger partial charge in [0.25, 0.3) is 0 Å². The number of hydrogen-bond acceptors (Lipinski definition) is 5. The van der Waals surface area contributed by atoms with Crippen molar-refractivity contribution in [3.63, 3.8) is 0 Å². The predicted molar refractivity (Wildman–Crippen MR) is 77.6 cm³/mol. The van der Waals surface area contributed by atoms with Crippen LogP contribution in [0, 0.1) is 13.8 Å². The molecule has 2 aromatic rings. The molecule has 120 valence electrons. The molecule has 7 nitrogen and oxygen atoms in total. The van der Waals surface area contributed by atoms with E-state index in [-0.39, 0.29) is 30.0 Å². The highest BCUT2D eigenvalue weighted by atomic mass is 35.5. The number of aliphatic hydroxyl groups is 1. The van der Waals surface area contributed by atoms with Crippen LogP contribution in [0.25, 0.3) is 0 Å². The van der Waals surface area contributed by atoms with Crippen molar-refractivity contribution in [2.75, 3.05) is 12.3 Å². The van der Waals surface area contributed by atoms with Crippen molar-refractivity contribution in [1.29, 1.82) is 0 Å². The average Bonchev–Trinajstić information content (AvgIpc) is 2.66. The van der Waals surface area contributed by atoms with Crippen molar-refractivity contribution >= 4 is 17.2 Å². The lowest BCUT2D eigenvalue weighted by molar-refractivity contribution is -0.689. The van der Waals surface area contributed by atoms with Crippen molar-refractivity contribution in [3.05, 3.63) is 33.7 Å². The summed E-state index contributed by atoms with van der Waals surface area (Å²) in [5.41, 5.74) is 10.0. The molecule has 0 radical (unpaired) electrons. The van der Waals surface area contributed by atoms with Crippen LogP contribution < -0.4 is 22.7 Å². The van der Waals surface area contributed by atoms with Crippen molar-refractivity contribution in [2.45, 2.75) is 26.8 Å². The minimum atomic E-state index is 0. The van der Waals surface area contributed by atoms with E-state index in [1.807, 2.05) is 19.4 Å². The summed E-state index contributed by atoms with van der Waals surface area (Å²) in [6.07, 6.45) is 2.47. The Morgan fingerprint density at radius 2 is 2.00 bits per heavy atom. The number of aliphatic hydroxyl groups excluding tert-OH is 1. The van der Waals surface area contributed by atoms with E-state index in [1.54, 1.807) is 17.5 Å². The highest BCUT2D eigenvalue weighted by Gasteiger charge is 2.16. The SMILES string of the molecule is Cc1ncc(C[n+]2csc(CCO)c2C)c(N)n1.O.O.[Cl-]. The summed E-state index contributed by atoms with van der Waals surface area (Å²) in [4.78, 5) is 9.53. The summed E-state index contributed by atoms with van der Waals surface area (Å²) in [5.74, 6) is 1.22. The summed E-state index contributed by atoms with van der Waals surface area (Å²) in [6.45, 7) is 4.71. The van der Waals surface area contributed by atoms with Gasteiger partial charge in [-0.1, -0.05) is 11.3 Å². The number of nitrogens with two attached hydrogens (primary N) is 1. The average molecular weight is 337 g/mol. The first-order valence-corrected chi connectivity index (χ1v) is 6.65. The molecular formula is C12H21ClN4O3S. The third-order valence-electron chi connectivity index (χ3n) is 2.85. The van der Waals surface area contributed by atoms with Gasteiger partial charge in [-0.05, 0) is 6.92 Å². The van der Waals surface area contributed by atoms with Gasteiger partial charge in [0.15, 0.2) is 12.2 Å². The Bertz CT molecular complexity index is 565. The molecule has 0 atom stereocenters. The first-order chi connectivity index (χ1) is 8.61. The fourth-order valence-corrected chi connectivity index (χ4v) is 2.75. The summed E-state index contributed by atoms with van der Waals surface area (Å²) in [6, 6.07) is 0. The lowest BCUT2D eigenvalue weighted by Crippen LogP contribution is -3.00. The Hall–Kier alpha value is -1.32. The molecule has 0 aliphatic rings. The van der Waals surface area contributed by atoms with Gasteiger partial charge in [-0.25, -0.2) is 9.97 Å². The molecular weight excluding hydrogens is 316 g/mol. The second-order valence-electron chi connectivity index (χ2n) is 4.16. The molecule has 0 aliphatic carbocycles. The quantitative estimate of drug-likeness (QED) is 0.549. The fraction of sp³-hybridized carbons (Fsp3) is 0.417. The van der Waals surface area contributed by atoms with Gasteiger partial charge in [0.1, 0.15) is 11.6 Å². The molecule has 0 aromatic carbocycles. The molecule has 21 heavy (non-hydrogen) atoms. The van der Waals surface area contributed by atoms with Crippen LogP contribution in [0.3, 0.4) is 0 Å². The third-order valence-corrected chi connectivity index (χ3v) is 4.00. The minimum Gasteiger partial charge on any atom is -1.00 e. The second-order valence-corrected chi connectivity index (χ2v) is 5.10. The summed E-state index contributed by atoms with van der Waals surface area (Å²) < 4.78 is 2.11. The topological polar surface area (TPSA) is 139 Å². The first-order valence-electron chi connectivity index (χ1n) is 5.77. The smallest absolute Gasteiger partial charge is 0.225 e. The molecule has 0 saturated heterocycles. The summed E-state index contributed by atoms with van der Waals surface area (Å²) in [7, 11) is 0. The highest BCUT2D eigenvalue weighted by Crippen LogP contribution is 2.13. The fourth-order valence-electron chi connectivity index (χ4n) is 1.77. The van der Waals surface area contributed by atoms with E-state index < -0.39 is 0 Å². The largest absolute Gasteiger partial charge is 1.00 e. The van der Waals surface area contributed by atoms with Crippen molar-refractivity contribution in [3.8, 4) is 0 Å². The first kappa shape index (κ1) is 22.0. The number of anilines is 1. The van der Waals surface area contributed by atoms with Crippen LogP contribution in [0.4, 0.5) is 5.82 Å². The third kappa shape index (κ3) is 5.18. The number of aryl methyl sites for hydroxylation is 1.